The third-order valence-electron chi connectivity index (χ3n) is 6.38. The van der Waals surface area contributed by atoms with E-state index in [0.29, 0.717) is 12.8 Å². The smallest absolute Gasteiger partial charge is 0.457 e. The molecule has 1 amide bonds. The second-order valence-electron chi connectivity index (χ2n) is 8.23. The number of benzene rings is 2. The Bertz CT molecular complexity index is 1140. The highest BCUT2D eigenvalue weighted by Gasteiger charge is 2.44. The van der Waals surface area contributed by atoms with Crippen molar-refractivity contribution in [3.05, 3.63) is 78.1 Å². The molecule has 1 saturated heterocycles. The first-order chi connectivity index (χ1) is 15.4. The summed E-state index contributed by atoms with van der Waals surface area (Å²) < 4.78 is 44.8. The average molecular weight is 438 g/mol. The van der Waals surface area contributed by atoms with E-state index in [1.54, 1.807) is 12.4 Å². The van der Waals surface area contributed by atoms with E-state index in [2.05, 4.69) is 11.1 Å². The van der Waals surface area contributed by atoms with Gasteiger partial charge < -0.3 is 9.64 Å². The van der Waals surface area contributed by atoms with E-state index in [1.165, 1.54) is 0 Å². The van der Waals surface area contributed by atoms with E-state index >= 15 is 0 Å². The number of carbonyl (C=O) groups excluding carboxylic acids is 1. The molecule has 1 aromatic heterocycles. The number of carbonyl (C=O) groups is 1. The van der Waals surface area contributed by atoms with Crippen LogP contribution in [0, 0.1) is 5.92 Å². The summed E-state index contributed by atoms with van der Waals surface area (Å²) in [5, 5.41) is 0. The SMILES string of the molecule is O=C(N1CCC(C2c3ccccc3Oc3cc(-c4ccncc4)ccc32)CC1)C(F)(F)F. The molecule has 0 saturated carbocycles. The second-order valence-corrected chi connectivity index (χ2v) is 8.23. The van der Waals surface area contributed by atoms with Gasteiger partial charge in [0.15, 0.2) is 0 Å². The summed E-state index contributed by atoms with van der Waals surface area (Å²) in [4.78, 5) is 16.6. The van der Waals surface area contributed by atoms with Crippen LogP contribution in [0.1, 0.15) is 29.9 Å². The Morgan fingerprint density at radius 3 is 2.31 bits per heavy atom. The lowest BCUT2D eigenvalue weighted by molar-refractivity contribution is -0.186. The van der Waals surface area contributed by atoms with Gasteiger partial charge in [0.1, 0.15) is 11.5 Å². The van der Waals surface area contributed by atoms with Crippen molar-refractivity contribution in [3.63, 3.8) is 0 Å². The van der Waals surface area contributed by atoms with Crippen molar-refractivity contribution in [2.24, 2.45) is 5.92 Å². The molecule has 7 heteroatoms. The minimum atomic E-state index is -4.83. The van der Waals surface area contributed by atoms with Crippen molar-refractivity contribution >= 4 is 5.91 Å². The third kappa shape index (κ3) is 3.72. The van der Waals surface area contributed by atoms with E-state index in [0.717, 1.165) is 38.7 Å². The topological polar surface area (TPSA) is 42.4 Å². The van der Waals surface area contributed by atoms with Crippen LogP contribution in [0.3, 0.4) is 0 Å². The van der Waals surface area contributed by atoms with Crippen LogP contribution in [0.2, 0.25) is 0 Å². The van der Waals surface area contributed by atoms with Gasteiger partial charge in [-0.05, 0) is 54.2 Å². The zero-order valence-corrected chi connectivity index (χ0v) is 17.2. The summed E-state index contributed by atoms with van der Waals surface area (Å²) in [7, 11) is 0. The normalized spacial score (nSPS) is 18.5. The van der Waals surface area contributed by atoms with Crippen LogP contribution >= 0.6 is 0 Å². The molecule has 5 rings (SSSR count). The first kappa shape index (κ1) is 20.5. The van der Waals surface area contributed by atoms with Crippen molar-refractivity contribution in [1.82, 2.24) is 9.88 Å². The van der Waals surface area contributed by atoms with E-state index in [9.17, 15) is 18.0 Å². The molecule has 0 N–H and O–H groups in total. The Morgan fingerprint density at radius 2 is 1.59 bits per heavy atom. The fourth-order valence-electron chi connectivity index (χ4n) is 4.84. The number of aromatic nitrogens is 1. The number of fused-ring (bicyclic) bond motifs is 2. The lowest BCUT2D eigenvalue weighted by Gasteiger charge is -2.39. The first-order valence-corrected chi connectivity index (χ1v) is 10.6. The number of alkyl halides is 3. The van der Waals surface area contributed by atoms with Gasteiger partial charge in [-0.1, -0.05) is 30.3 Å². The average Bonchev–Trinajstić information content (AvgIpc) is 2.82. The van der Waals surface area contributed by atoms with Gasteiger partial charge in [0.05, 0.1) is 0 Å². The summed E-state index contributed by atoms with van der Waals surface area (Å²) in [6, 6.07) is 17.8. The molecule has 4 nitrogen and oxygen atoms in total. The lowest BCUT2D eigenvalue weighted by atomic mass is 9.74. The quantitative estimate of drug-likeness (QED) is 0.509. The summed E-state index contributed by atoms with van der Waals surface area (Å²) in [6.45, 7) is 0.208. The van der Waals surface area contributed by atoms with Crippen LogP contribution < -0.4 is 4.74 Å². The highest BCUT2D eigenvalue weighted by molar-refractivity contribution is 5.82. The minimum Gasteiger partial charge on any atom is -0.457 e. The number of nitrogens with zero attached hydrogens (tertiary/aromatic N) is 2. The molecular formula is C25H21F3N2O2. The number of amides is 1. The number of ether oxygens (including phenoxy) is 1. The van der Waals surface area contributed by atoms with Crippen molar-refractivity contribution in [2.45, 2.75) is 24.9 Å². The Morgan fingerprint density at radius 1 is 0.906 bits per heavy atom. The standard InChI is InChI=1S/C25H21F3N2O2/c26-25(27,28)24(31)30-13-9-17(10-14-30)23-19-3-1-2-4-21(19)32-22-15-18(5-6-20(22)23)16-7-11-29-12-8-16/h1-8,11-12,15,17,23H,9-10,13-14H2. The maximum Gasteiger partial charge on any atom is 0.471 e. The van der Waals surface area contributed by atoms with Gasteiger partial charge in [-0.25, -0.2) is 0 Å². The van der Waals surface area contributed by atoms with E-state index in [-0.39, 0.29) is 24.9 Å². The van der Waals surface area contributed by atoms with Gasteiger partial charge in [-0.3, -0.25) is 9.78 Å². The van der Waals surface area contributed by atoms with Crippen LogP contribution in [-0.2, 0) is 4.79 Å². The van der Waals surface area contributed by atoms with Crippen molar-refractivity contribution < 1.29 is 22.7 Å². The molecule has 164 valence electrons. The first-order valence-electron chi connectivity index (χ1n) is 10.6. The number of hydrogen-bond acceptors (Lipinski definition) is 3. The summed E-state index contributed by atoms with van der Waals surface area (Å²) in [6.07, 6.45) is -0.333. The molecule has 3 heterocycles. The van der Waals surface area contributed by atoms with Gasteiger partial charge in [-0.2, -0.15) is 13.2 Å². The molecule has 32 heavy (non-hydrogen) atoms. The largest absolute Gasteiger partial charge is 0.471 e. The number of halogens is 3. The Hall–Kier alpha value is -3.35. The van der Waals surface area contributed by atoms with Crippen LogP contribution in [0.15, 0.2) is 67.0 Å². The maximum atomic E-state index is 12.8. The van der Waals surface area contributed by atoms with Crippen molar-refractivity contribution in [2.75, 3.05) is 13.1 Å². The highest BCUT2D eigenvalue weighted by Crippen LogP contribution is 2.50. The maximum absolute atomic E-state index is 12.8. The summed E-state index contributed by atoms with van der Waals surface area (Å²) in [5.74, 6) is -0.0966. The Kier molecular flexibility index (Phi) is 5.12. The molecule has 3 aromatic rings. The number of piperidine rings is 1. The summed E-state index contributed by atoms with van der Waals surface area (Å²) >= 11 is 0. The predicted molar refractivity (Wildman–Crippen MR) is 113 cm³/mol. The molecule has 2 aliphatic rings. The fraction of sp³-hybridized carbons (Fsp3) is 0.280. The molecule has 0 radical (unpaired) electrons. The van der Waals surface area contributed by atoms with Gasteiger partial charge in [-0.15, -0.1) is 0 Å². The molecule has 0 aliphatic carbocycles. The molecule has 2 aromatic carbocycles. The molecule has 2 aliphatic heterocycles. The molecule has 1 fully saturated rings. The summed E-state index contributed by atoms with van der Waals surface area (Å²) in [5.41, 5.74) is 4.11. The lowest BCUT2D eigenvalue weighted by Crippen LogP contribution is -2.46. The third-order valence-corrected chi connectivity index (χ3v) is 6.38. The van der Waals surface area contributed by atoms with Crippen LogP contribution in [0.25, 0.3) is 11.1 Å². The predicted octanol–water partition coefficient (Wildman–Crippen LogP) is 5.79. The monoisotopic (exact) mass is 438 g/mol. The van der Waals surface area contributed by atoms with Crippen LogP contribution in [0.4, 0.5) is 13.2 Å². The number of likely N-dealkylation sites (tertiary alicyclic amines) is 1. The molecule has 1 atom stereocenters. The molecule has 1 unspecified atom stereocenters. The number of para-hydroxylation sites is 1. The Labute approximate surface area is 183 Å². The molecular weight excluding hydrogens is 417 g/mol. The number of hydrogen-bond donors (Lipinski definition) is 0. The second kappa shape index (κ2) is 7.97. The molecule has 0 bridgehead atoms. The van der Waals surface area contributed by atoms with E-state index < -0.39 is 12.1 Å². The van der Waals surface area contributed by atoms with Crippen molar-refractivity contribution in [1.29, 1.82) is 0 Å². The number of pyridine rings is 1. The minimum absolute atomic E-state index is 0.00424. The highest BCUT2D eigenvalue weighted by atomic mass is 19.4. The number of rotatable bonds is 2. The molecule has 0 spiro atoms. The van der Waals surface area contributed by atoms with E-state index in [1.807, 2.05) is 48.5 Å². The Balaban J connectivity index is 1.46. The van der Waals surface area contributed by atoms with Gasteiger partial charge in [0.25, 0.3) is 0 Å². The van der Waals surface area contributed by atoms with Crippen molar-refractivity contribution in [3.8, 4) is 22.6 Å². The fourth-order valence-corrected chi connectivity index (χ4v) is 4.84. The van der Waals surface area contributed by atoms with Crippen LogP contribution in [-0.4, -0.2) is 35.1 Å². The van der Waals surface area contributed by atoms with Gasteiger partial charge >= 0.3 is 12.1 Å². The van der Waals surface area contributed by atoms with E-state index in [4.69, 9.17) is 4.74 Å². The zero-order valence-electron chi connectivity index (χ0n) is 17.2. The van der Waals surface area contributed by atoms with Gasteiger partial charge in [0.2, 0.25) is 0 Å². The van der Waals surface area contributed by atoms with Crippen LogP contribution in [0.5, 0.6) is 11.5 Å². The van der Waals surface area contributed by atoms with Gasteiger partial charge in [0, 0.05) is 42.5 Å². The zero-order chi connectivity index (χ0) is 22.3.